The lowest BCUT2D eigenvalue weighted by molar-refractivity contribution is 0.00158. The SMILES string of the molecule is CCCNCC1CCC(CN2CCCC(C)C2C)O1. The van der Waals surface area contributed by atoms with E-state index >= 15 is 0 Å². The smallest absolute Gasteiger partial charge is 0.0707 e. The minimum atomic E-state index is 0.453. The maximum atomic E-state index is 6.19. The molecule has 0 radical (unpaired) electrons. The number of nitrogens with zero attached hydrogens (tertiary/aromatic N) is 1. The third-order valence-corrected chi connectivity index (χ3v) is 4.94. The van der Waals surface area contributed by atoms with E-state index in [-0.39, 0.29) is 0 Å². The second-order valence-electron chi connectivity index (χ2n) is 6.52. The third-order valence-electron chi connectivity index (χ3n) is 4.94. The van der Waals surface area contributed by atoms with E-state index in [2.05, 4.69) is 31.0 Å². The van der Waals surface area contributed by atoms with Crippen molar-refractivity contribution in [2.24, 2.45) is 5.92 Å². The fourth-order valence-electron chi connectivity index (χ4n) is 3.44. The number of ether oxygens (including phenoxy) is 1. The lowest BCUT2D eigenvalue weighted by Crippen LogP contribution is -2.46. The van der Waals surface area contributed by atoms with E-state index in [1.807, 2.05) is 0 Å². The Kier molecular flexibility index (Phi) is 6.11. The first-order valence-corrected chi connectivity index (χ1v) is 8.31. The van der Waals surface area contributed by atoms with Gasteiger partial charge in [-0.15, -0.1) is 0 Å². The standard InChI is InChI=1S/C16H32N2O/c1-4-9-17-11-15-7-8-16(19-15)12-18-10-5-6-13(2)14(18)3/h13-17H,4-12H2,1-3H3. The highest BCUT2D eigenvalue weighted by Gasteiger charge is 2.30. The van der Waals surface area contributed by atoms with E-state index < -0.39 is 0 Å². The molecule has 19 heavy (non-hydrogen) atoms. The van der Waals surface area contributed by atoms with Crippen LogP contribution in [0, 0.1) is 5.92 Å². The van der Waals surface area contributed by atoms with Crippen molar-refractivity contribution in [3.05, 3.63) is 0 Å². The molecule has 4 unspecified atom stereocenters. The van der Waals surface area contributed by atoms with Gasteiger partial charge in [-0.3, -0.25) is 4.90 Å². The Balaban J connectivity index is 1.69. The van der Waals surface area contributed by atoms with Gasteiger partial charge >= 0.3 is 0 Å². The van der Waals surface area contributed by atoms with Crippen LogP contribution in [0.5, 0.6) is 0 Å². The van der Waals surface area contributed by atoms with Crippen LogP contribution in [0.1, 0.15) is 52.9 Å². The normalized spacial score (nSPS) is 36.8. The lowest BCUT2D eigenvalue weighted by Gasteiger charge is -2.39. The molecule has 0 spiro atoms. The number of rotatable bonds is 6. The van der Waals surface area contributed by atoms with Crippen molar-refractivity contribution in [2.75, 3.05) is 26.2 Å². The summed E-state index contributed by atoms with van der Waals surface area (Å²) in [5.74, 6) is 0.845. The monoisotopic (exact) mass is 268 g/mol. The summed E-state index contributed by atoms with van der Waals surface area (Å²) in [7, 11) is 0. The zero-order valence-electron chi connectivity index (χ0n) is 13.0. The maximum Gasteiger partial charge on any atom is 0.0707 e. The molecule has 2 saturated heterocycles. The molecule has 0 bridgehead atoms. The fourth-order valence-corrected chi connectivity index (χ4v) is 3.44. The Morgan fingerprint density at radius 3 is 2.74 bits per heavy atom. The second kappa shape index (κ2) is 7.61. The molecule has 0 aromatic heterocycles. The second-order valence-corrected chi connectivity index (χ2v) is 6.52. The molecule has 0 aromatic carbocycles. The molecule has 0 amide bonds. The van der Waals surface area contributed by atoms with Gasteiger partial charge in [0.15, 0.2) is 0 Å². The summed E-state index contributed by atoms with van der Waals surface area (Å²) < 4.78 is 6.19. The molecule has 2 fully saturated rings. The predicted octanol–water partition coefficient (Wildman–Crippen LogP) is 2.65. The molecule has 2 rings (SSSR count). The molecule has 3 nitrogen and oxygen atoms in total. The van der Waals surface area contributed by atoms with Crippen molar-refractivity contribution in [1.29, 1.82) is 0 Å². The summed E-state index contributed by atoms with van der Waals surface area (Å²) in [4.78, 5) is 2.65. The summed E-state index contributed by atoms with van der Waals surface area (Å²) in [5.41, 5.74) is 0. The van der Waals surface area contributed by atoms with Crippen molar-refractivity contribution in [3.63, 3.8) is 0 Å². The van der Waals surface area contributed by atoms with E-state index in [1.54, 1.807) is 0 Å². The van der Waals surface area contributed by atoms with Crippen molar-refractivity contribution in [3.8, 4) is 0 Å². The molecule has 1 N–H and O–H groups in total. The average molecular weight is 268 g/mol. The minimum absolute atomic E-state index is 0.453. The quantitative estimate of drug-likeness (QED) is 0.750. The summed E-state index contributed by atoms with van der Waals surface area (Å²) in [6.07, 6.45) is 7.37. The molecule has 112 valence electrons. The van der Waals surface area contributed by atoms with Crippen molar-refractivity contribution < 1.29 is 4.74 Å². The molecule has 0 aromatic rings. The van der Waals surface area contributed by atoms with E-state index in [4.69, 9.17) is 4.74 Å². The van der Waals surface area contributed by atoms with E-state index in [0.717, 1.165) is 31.6 Å². The zero-order chi connectivity index (χ0) is 13.7. The minimum Gasteiger partial charge on any atom is -0.372 e. The van der Waals surface area contributed by atoms with Crippen LogP contribution in [0.25, 0.3) is 0 Å². The van der Waals surface area contributed by atoms with Crippen LogP contribution in [0.2, 0.25) is 0 Å². The first kappa shape index (κ1) is 15.3. The molecule has 3 heteroatoms. The van der Waals surface area contributed by atoms with E-state index in [9.17, 15) is 0 Å². The average Bonchev–Trinajstić information content (AvgIpc) is 2.83. The number of piperidine rings is 1. The summed E-state index contributed by atoms with van der Waals surface area (Å²) in [5, 5.41) is 3.48. The van der Waals surface area contributed by atoms with Gasteiger partial charge in [0, 0.05) is 19.1 Å². The van der Waals surface area contributed by atoms with Crippen molar-refractivity contribution >= 4 is 0 Å². The van der Waals surface area contributed by atoms with Crippen LogP contribution in [0.15, 0.2) is 0 Å². The lowest BCUT2D eigenvalue weighted by atomic mass is 9.92. The molecule has 0 aliphatic carbocycles. The molecular weight excluding hydrogens is 236 g/mol. The van der Waals surface area contributed by atoms with E-state index in [1.165, 1.54) is 38.6 Å². The van der Waals surface area contributed by atoms with Gasteiger partial charge in [0.05, 0.1) is 12.2 Å². The molecule has 2 aliphatic rings. The molecular formula is C16H32N2O. The molecule has 0 saturated carbocycles. The van der Waals surface area contributed by atoms with Gasteiger partial charge in [-0.05, 0) is 58.0 Å². The van der Waals surface area contributed by atoms with Gasteiger partial charge < -0.3 is 10.1 Å². The highest BCUT2D eigenvalue weighted by molar-refractivity contribution is 4.83. The topological polar surface area (TPSA) is 24.5 Å². The van der Waals surface area contributed by atoms with Crippen molar-refractivity contribution in [2.45, 2.75) is 71.1 Å². The number of hydrogen-bond acceptors (Lipinski definition) is 3. The first-order chi connectivity index (χ1) is 9.20. The number of likely N-dealkylation sites (tertiary alicyclic amines) is 1. The van der Waals surface area contributed by atoms with Crippen LogP contribution in [0.3, 0.4) is 0 Å². The summed E-state index contributed by atoms with van der Waals surface area (Å²) in [6, 6.07) is 0.731. The van der Waals surface area contributed by atoms with Gasteiger partial charge in [-0.25, -0.2) is 0 Å². The highest BCUT2D eigenvalue weighted by Crippen LogP contribution is 2.26. The molecule has 4 atom stereocenters. The van der Waals surface area contributed by atoms with Crippen LogP contribution >= 0.6 is 0 Å². The van der Waals surface area contributed by atoms with Crippen LogP contribution in [-0.4, -0.2) is 49.3 Å². The fraction of sp³-hybridized carbons (Fsp3) is 1.00. The van der Waals surface area contributed by atoms with Gasteiger partial charge in [0.25, 0.3) is 0 Å². The van der Waals surface area contributed by atoms with Crippen LogP contribution in [-0.2, 0) is 4.74 Å². The van der Waals surface area contributed by atoms with Gasteiger partial charge in [0.1, 0.15) is 0 Å². The summed E-state index contributed by atoms with van der Waals surface area (Å²) in [6.45, 7) is 11.6. The number of hydrogen-bond donors (Lipinski definition) is 1. The number of nitrogens with one attached hydrogen (secondary N) is 1. The predicted molar refractivity (Wildman–Crippen MR) is 80.5 cm³/mol. The largest absolute Gasteiger partial charge is 0.372 e. The van der Waals surface area contributed by atoms with Gasteiger partial charge in [-0.1, -0.05) is 13.8 Å². The van der Waals surface area contributed by atoms with Crippen LogP contribution < -0.4 is 5.32 Å². The zero-order valence-corrected chi connectivity index (χ0v) is 13.0. The van der Waals surface area contributed by atoms with Gasteiger partial charge in [0.2, 0.25) is 0 Å². The Morgan fingerprint density at radius 1 is 1.16 bits per heavy atom. The van der Waals surface area contributed by atoms with Gasteiger partial charge in [-0.2, -0.15) is 0 Å². The highest BCUT2D eigenvalue weighted by atomic mass is 16.5. The Labute approximate surface area is 119 Å². The van der Waals surface area contributed by atoms with E-state index in [0.29, 0.717) is 12.2 Å². The first-order valence-electron chi connectivity index (χ1n) is 8.31. The van der Waals surface area contributed by atoms with Crippen LogP contribution in [0.4, 0.5) is 0 Å². The Bertz CT molecular complexity index is 259. The maximum absolute atomic E-state index is 6.19. The third kappa shape index (κ3) is 4.44. The van der Waals surface area contributed by atoms with Crippen molar-refractivity contribution in [1.82, 2.24) is 10.2 Å². The molecule has 2 heterocycles. The summed E-state index contributed by atoms with van der Waals surface area (Å²) >= 11 is 0. The Hall–Kier alpha value is -0.120. The Morgan fingerprint density at radius 2 is 1.95 bits per heavy atom. The molecule has 2 aliphatic heterocycles.